The van der Waals surface area contributed by atoms with Crippen LogP contribution >= 0.6 is 23.4 Å². The number of halogens is 1. The summed E-state index contributed by atoms with van der Waals surface area (Å²) < 4.78 is 7.41. The molecule has 0 saturated carbocycles. The lowest BCUT2D eigenvalue weighted by atomic mass is 10.2. The number of hydrogen-bond acceptors (Lipinski definition) is 5. The zero-order chi connectivity index (χ0) is 16.9. The van der Waals surface area contributed by atoms with E-state index in [0.29, 0.717) is 34.1 Å². The summed E-state index contributed by atoms with van der Waals surface area (Å²) in [7, 11) is 0. The predicted molar refractivity (Wildman–Crippen MR) is 94.3 cm³/mol. The molecule has 1 aromatic carbocycles. The molecule has 0 saturated heterocycles. The minimum Gasteiger partial charge on any atom is -0.440 e. The largest absolute Gasteiger partial charge is 0.440 e. The maximum absolute atomic E-state index is 11.8. The molecule has 0 atom stereocenters. The molecule has 1 N–H and O–H groups in total. The quantitative estimate of drug-likeness (QED) is 0.642. The zero-order valence-electron chi connectivity index (χ0n) is 13.2. The Kier molecular flexibility index (Phi) is 5.42. The fourth-order valence-electron chi connectivity index (χ4n) is 2.21. The molecule has 0 bridgehead atoms. The number of rotatable bonds is 7. The first-order valence-electron chi connectivity index (χ1n) is 7.66. The third kappa shape index (κ3) is 3.91. The van der Waals surface area contributed by atoms with E-state index in [1.165, 1.54) is 11.8 Å². The second-order valence-electron chi connectivity index (χ2n) is 5.23. The van der Waals surface area contributed by atoms with Crippen LogP contribution in [0.3, 0.4) is 0 Å². The molecule has 3 aromatic rings. The zero-order valence-corrected chi connectivity index (χ0v) is 14.7. The van der Waals surface area contributed by atoms with Gasteiger partial charge in [0.2, 0.25) is 5.89 Å². The summed E-state index contributed by atoms with van der Waals surface area (Å²) in [6, 6.07) is 7.42. The standard InChI is InChI=1S/C16H17ClN4O2S/c1-2-3-7-21-15(22)19-20-16(21)24-10-14-18-9-13(23-14)11-5-4-6-12(17)8-11/h4-6,8-9H,2-3,7,10H2,1H3,(H,19,22). The molecule has 2 heterocycles. The Labute approximate surface area is 148 Å². The van der Waals surface area contributed by atoms with E-state index >= 15 is 0 Å². The fraction of sp³-hybridized carbons (Fsp3) is 0.312. The Bertz CT molecular complexity index is 871. The van der Waals surface area contributed by atoms with Gasteiger partial charge in [0.25, 0.3) is 0 Å². The van der Waals surface area contributed by atoms with Crippen LogP contribution < -0.4 is 5.69 Å². The van der Waals surface area contributed by atoms with E-state index < -0.39 is 0 Å². The minimum atomic E-state index is -0.182. The van der Waals surface area contributed by atoms with Gasteiger partial charge in [-0.25, -0.2) is 14.9 Å². The van der Waals surface area contributed by atoms with Gasteiger partial charge in [-0.1, -0.05) is 48.8 Å². The van der Waals surface area contributed by atoms with Crippen LogP contribution in [0, 0.1) is 0 Å². The van der Waals surface area contributed by atoms with Crippen LogP contribution in [0.5, 0.6) is 0 Å². The van der Waals surface area contributed by atoms with Crippen molar-refractivity contribution in [1.82, 2.24) is 19.7 Å². The van der Waals surface area contributed by atoms with E-state index in [2.05, 4.69) is 22.1 Å². The number of aromatic nitrogens is 4. The molecule has 0 aliphatic rings. The van der Waals surface area contributed by atoms with E-state index in [-0.39, 0.29) is 5.69 Å². The van der Waals surface area contributed by atoms with E-state index in [4.69, 9.17) is 16.0 Å². The van der Waals surface area contributed by atoms with Gasteiger partial charge in [-0.2, -0.15) is 0 Å². The van der Waals surface area contributed by atoms with Crippen molar-refractivity contribution in [3.05, 3.63) is 51.9 Å². The Morgan fingerprint density at radius 1 is 1.42 bits per heavy atom. The lowest BCUT2D eigenvalue weighted by molar-refractivity contribution is 0.528. The minimum absolute atomic E-state index is 0.182. The van der Waals surface area contributed by atoms with Gasteiger partial charge >= 0.3 is 5.69 Å². The van der Waals surface area contributed by atoms with E-state index in [9.17, 15) is 4.79 Å². The first kappa shape index (κ1) is 16.9. The van der Waals surface area contributed by atoms with Crippen molar-refractivity contribution >= 4 is 23.4 Å². The highest BCUT2D eigenvalue weighted by Crippen LogP contribution is 2.26. The molecule has 24 heavy (non-hydrogen) atoms. The van der Waals surface area contributed by atoms with Crippen LogP contribution in [0.1, 0.15) is 25.7 Å². The molecule has 8 heteroatoms. The van der Waals surface area contributed by atoms with E-state index in [1.807, 2.05) is 24.3 Å². The van der Waals surface area contributed by atoms with Gasteiger partial charge in [0.15, 0.2) is 10.9 Å². The molecule has 0 aliphatic heterocycles. The highest BCUT2D eigenvalue weighted by atomic mass is 35.5. The molecular weight excluding hydrogens is 348 g/mol. The summed E-state index contributed by atoms with van der Waals surface area (Å²) >= 11 is 7.42. The van der Waals surface area contributed by atoms with Gasteiger partial charge in [-0.3, -0.25) is 4.57 Å². The maximum atomic E-state index is 11.8. The first-order valence-corrected chi connectivity index (χ1v) is 9.02. The summed E-state index contributed by atoms with van der Waals surface area (Å²) in [5.41, 5.74) is 0.698. The molecule has 0 radical (unpaired) electrons. The molecule has 3 rings (SSSR count). The second kappa shape index (κ2) is 7.72. The second-order valence-corrected chi connectivity index (χ2v) is 6.61. The molecule has 0 spiro atoms. The van der Waals surface area contributed by atoms with Crippen LogP contribution in [-0.4, -0.2) is 19.7 Å². The number of aromatic amines is 1. The number of nitrogens with zero attached hydrogens (tertiary/aromatic N) is 3. The smallest absolute Gasteiger partial charge is 0.343 e. The topological polar surface area (TPSA) is 76.7 Å². The summed E-state index contributed by atoms with van der Waals surface area (Å²) in [5.74, 6) is 1.74. The number of H-pyrrole nitrogens is 1. The lowest BCUT2D eigenvalue weighted by Crippen LogP contribution is -2.17. The van der Waals surface area contributed by atoms with Gasteiger partial charge in [0, 0.05) is 17.1 Å². The van der Waals surface area contributed by atoms with Crippen LogP contribution in [0.2, 0.25) is 5.02 Å². The summed E-state index contributed by atoms with van der Waals surface area (Å²) in [6.07, 6.45) is 3.63. The summed E-state index contributed by atoms with van der Waals surface area (Å²) in [5, 5.41) is 7.85. The van der Waals surface area contributed by atoms with Crippen molar-refractivity contribution in [1.29, 1.82) is 0 Å². The van der Waals surface area contributed by atoms with Crippen molar-refractivity contribution in [3.63, 3.8) is 0 Å². The van der Waals surface area contributed by atoms with Crippen molar-refractivity contribution in [2.24, 2.45) is 0 Å². The maximum Gasteiger partial charge on any atom is 0.343 e. The molecule has 0 fully saturated rings. The fourth-order valence-corrected chi connectivity index (χ4v) is 3.22. The molecule has 0 aliphatic carbocycles. The molecule has 6 nitrogen and oxygen atoms in total. The van der Waals surface area contributed by atoms with E-state index in [0.717, 1.165) is 18.4 Å². The third-order valence-corrected chi connectivity index (χ3v) is 4.64. The Morgan fingerprint density at radius 3 is 3.08 bits per heavy atom. The number of oxazole rings is 1. The normalized spacial score (nSPS) is 11.1. The van der Waals surface area contributed by atoms with Crippen molar-refractivity contribution in [3.8, 4) is 11.3 Å². The molecule has 0 unspecified atom stereocenters. The van der Waals surface area contributed by atoms with Gasteiger partial charge in [0.05, 0.1) is 11.9 Å². The Morgan fingerprint density at radius 2 is 2.29 bits per heavy atom. The average molecular weight is 365 g/mol. The van der Waals surface area contributed by atoms with Crippen molar-refractivity contribution in [2.45, 2.75) is 37.2 Å². The number of unbranched alkanes of at least 4 members (excludes halogenated alkanes) is 1. The highest BCUT2D eigenvalue weighted by Gasteiger charge is 2.12. The van der Waals surface area contributed by atoms with Crippen LogP contribution in [0.15, 0.2) is 44.8 Å². The number of nitrogens with one attached hydrogen (secondary N) is 1. The van der Waals surface area contributed by atoms with E-state index in [1.54, 1.807) is 10.8 Å². The van der Waals surface area contributed by atoms with Crippen LogP contribution in [0.4, 0.5) is 0 Å². The monoisotopic (exact) mass is 364 g/mol. The summed E-state index contributed by atoms with van der Waals surface area (Å²) in [6.45, 7) is 2.75. The first-order chi connectivity index (χ1) is 11.7. The Balaban J connectivity index is 1.69. The molecule has 2 aromatic heterocycles. The van der Waals surface area contributed by atoms with Crippen LogP contribution in [0.25, 0.3) is 11.3 Å². The Hall–Kier alpha value is -1.99. The molecule has 126 valence electrons. The van der Waals surface area contributed by atoms with Crippen molar-refractivity contribution in [2.75, 3.05) is 0 Å². The number of benzene rings is 1. The van der Waals surface area contributed by atoms with Gasteiger partial charge < -0.3 is 4.42 Å². The van der Waals surface area contributed by atoms with Gasteiger partial charge in [-0.05, 0) is 18.6 Å². The predicted octanol–water partition coefficient (Wildman–Crippen LogP) is 3.97. The third-order valence-electron chi connectivity index (χ3n) is 3.45. The number of hydrogen-bond donors (Lipinski definition) is 1. The average Bonchev–Trinajstić information content (AvgIpc) is 3.18. The van der Waals surface area contributed by atoms with Crippen molar-refractivity contribution < 1.29 is 4.42 Å². The highest BCUT2D eigenvalue weighted by molar-refractivity contribution is 7.98. The lowest BCUT2D eigenvalue weighted by Gasteiger charge is -2.02. The van der Waals surface area contributed by atoms with Gasteiger partial charge in [-0.15, -0.1) is 5.10 Å². The number of thioether (sulfide) groups is 1. The molecular formula is C16H17ClN4O2S. The van der Waals surface area contributed by atoms with Gasteiger partial charge in [0.1, 0.15) is 0 Å². The SMILES string of the molecule is CCCCn1c(SCc2ncc(-c3cccc(Cl)c3)o2)n[nH]c1=O. The van der Waals surface area contributed by atoms with Crippen LogP contribution in [-0.2, 0) is 12.3 Å². The summed E-state index contributed by atoms with van der Waals surface area (Å²) in [4.78, 5) is 16.0. The molecule has 0 amide bonds.